The van der Waals surface area contributed by atoms with Gasteiger partial charge < -0.3 is 15.4 Å². The summed E-state index contributed by atoms with van der Waals surface area (Å²) in [4.78, 5) is 39.2. The SMILES string of the molecule is CCOc1ccc(N2C(=O)C(Cl)=C(Nc3ccc(CC(=O)Nc4ccc(Br)cc4C)cc3)C2=O)cc1. The van der Waals surface area contributed by atoms with Crippen molar-refractivity contribution in [1.82, 2.24) is 0 Å². The van der Waals surface area contributed by atoms with Crippen LogP contribution in [0.15, 0.2) is 81.9 Å². The second kappa shape index (κ2) is 11.0. The van der Waals surface area contributed by atoms with Crippen molar-refractivity contribution < 1.29 is 19.1 Å². The van der Waals surface area contributed by atoms with Crippen LogP contribution in [0.3, 0.4) is 0 Å². The Morgan fingerprint density at radius 3 is 2.33 bits per heavy atom. The maximum atomic E-state index is 13.0. The first-order valence-electron chi connectivity index (χ1n) is 11.2. The molecule has 4 rings (SSSR count). The van der Waals surface area contributed by atoms with Gasteiger partial charge in [0.2, 0.25) is 5.91 Å². The van der Waals surface area contributed by atoms with Gasteiger partial charge in [0.25, 0.3) is 11.8 Å². The summed E-state index contributed by atoms with van der Waals surface area (Å²) in [7, 11) is 0. The van der Waals surface area contributed by atoms with Crippen molar-refractivity contribution in [2.45, 2.75) is 20.3 Å². The number of aryl methyl sites for hydroxylation is 1. The van der Waals surface area contributed by atoms with Crippen molar-refractivity contribution in [1.29, 1.82) is 0 Å². The summed E-state index contributed by atoms with van der Waals surface area (Å²) in [6.45, 7) is 4.30. The van der Waals surface area contributed by atoms with Gasteiger partial charge in [0, 0.05) is 15.8 Å². The number of hydrogen-bond donors (Lipinski definition) is 2. The fourth-order valence-electron chi connectivity index (χ4n) is 3.70. The van der Waals surface area contributed by atoms with Gasteiger partial charge in [-0.3, -0.25) is 14.4 Å². The Balaban J connectivity index is 1.40. The summed E-state index contributed by atoms with van der Waals surface area (Å²) in [6.07, 6.45) is 0.183. The molecule has 0 aliphatic carbocycles. The highest BCUT2D eigenvalue weighted by Crippen LogP contribution is 2.31. The average molecular weight is 569 g/mol. The number of hydrogen-bond acceptors (Lipinski definition) is 5. The first-order chi connectivity index (χ1) is 17.3. The lowest BCUT2D eigenvalue weighted by molar-refractivity contribution is -0.120. The summed E-state index contributed by atoms with van der Waals surface area (Å²) in [5.41, 5.74) is 3.45. The number of carbonyl (C=O) groups excluding carboxylic acids is 3. The molecule has 0 unspecified atom stereocenters. The summed E-state index contributed by atoms with van der Waals surface area (Å²) >= 11 is 9.63. The second-order valence-electron chi connectivity index (χ2n) is 8.07. The van der Waals surface area contributed by atoms with E-state index in [0.717, 1.165) is 26.2 Å². The lowest BCUT2D eigenvalue weighted by Crippen LogP contribution is -2.32. The van der Waals surface area contributed by atoms with Crippen LogP contribution in [0.2, 0.25) is 0 Å². The van der Waals surface area contributed by atoms with Crippen LogP contribution in [-0.4, -0.2) is 24.3 Å². The lowest BCUT2D eigenvalue weighted by atomic mass is 10.1. The molecule has 184 valence electrons. The molecule has 0 aromatic heterocycles. The van der Waals surface area contributed by atoms with E-state index in [4.69, 9.17) is 16.3 Å². The number of nitrogens with zero attached hydrogens (tertiary/aromatic N) is 1. The van der Waals surface area contributed by atoms with Gasteiger partial charge >= 0.3 is 0 Å². The topological polar surface area (TPSA) is 87.7 Å². The second-order valence-corrected chi connectivity index (χ2v) is 9.36. The minimum Gasteiger partial charge on any atom is -0.494 e. The predicted octanol–water partition coefficient (Wildman–Crippen LogP) is 5.77. The number of ether oxygens (including phenoxy) is 1. The van der Waals surface area contributed by atoms with Crippen LogP contribution in [0.1, 0.15) is 18.1 Å². The van der Waals surface area contributed by atoms with Gasteiger partial charge in [-0.2, -0.15) is 0 Å². The zero-order valence-corrected chi connectivity index (χ0v) is 21.9. The fourth-order valence-corrected chi connectivity index (χ4v) is 4.39. The number of anilines is 3. The molecule has 0 saturated heterocycles. The monoisotopic (exact) mass is 567 g/mol. The number of imide groups is 1. The van der Waals surface area contributed by atoms with Gasteiger partial charge in [0.1, 0.15) is 16.5 Å². The molecule has 0 fully saturated rings. The van der Waals surface area contributed by atoms with E-state index >= 15 is 0 Å². The van der Waals surface area contributed by atoms with Gasteiger partial charge in [-0.25, -0.2) is 4.90 Å². The van der Waals surface area contributed by atoms with Crippen LogP contribution in [0.5, 0.6) is 5.75 Å². The Kier molecular flexibility index (Phi) is 7.76. The number of rotatable bonds is 8. The van der Waals surface area contributed by atoms with Crippen molar-refractivity contribution in [3.8, 4) is 5.75 Å². The van der Waals surface area contributed by atoms with E-state index < -0.39 is 11.8 Å². The molecule has 0 spiro atoms. The number of nitrogens with one attached hydrogen (secondary N) is 2. The molecular weight excluding hydrogens is 546 g/mol. The van der Waals surface area contributed by atoms with Crippen LogP contribution < -0.4 is 20.3 Å². The summed E-state index contributed by atoms with van der Waals surface area (Å²) < 4.78 is 6.35. The highest BCUT2D eigenvalue weighted by Gasteiger charge is 2.38. The minimum absolute atomic E-state index is 0.00763. The number of amides is 3. The van der Waals surface area contributed by atoms with Crippen LogP contribution in [-0.2, 0) is 20.8 Å². The van der Waals surface area contributed by atoms with Crippen molar-refractivity contribution >= 4 is 62.3 Å². The first-order valence-corrected chi connectivity index (χ1v) is 12.4. The van der Waals surface area contributed by atoms with Gasteiger partial charge in [-0.15, -0.1) is 0 Å². The molecule has 2 N–H and O–H groups in total. The van der Waals surface area contributed by atoms with Gasteiger partial charge in [0.15, 0.2) is 0 Å². The molecular formula is C27H23BrClN3O4. The Morgan fingerprint density at radius 2 is 1.69 bits per heavy atom. The molecule has 0 atom stereocenters. The van der Waals surface area contributed by atoms with E-state index in [0.29, 0.717) is 23.7 Å². The molecule has 3 aromatic rings. The third-order valence-electron chi connectivity index (χ3n) is 5.48. The normalized spacial score (nSPS) is 13.3. The largest absolute Gasteiger partial charge is 0.494 e. The Labute approximate surface area is 222 Å². The quantitative estimate of drug-likeness (QED) is 0.337. The van der Waals surface area contributed by atoms with Crippen LogP contribution in [0, 0.1) is 6.92 Å². The number of halogens is 2. The zero-order chi connectivity index (χ0) is 25.8. The highest BCUT2D eigenvalue weighted by molar-refractivity contribution is 9.10. The minimum atomic E-state index is -0.607. The average Bonchev–Trinajstić information content (AvgIpc) is 3.06. The molecule has 1 aliphatic heterocycles. The van der Waals surface area contributed by atoms with Crippen LogP contribution >= 0.6 is 27.5 Å². The lowest BCUT2D eigenvalue weighted by Gasteiger charge is -2.15. The van der Waals surface area contributed by atoms with E-state index in [1.54, 1.807) is 48.5 Å². The summed E-state index contributed by atoms with van der Waals surface area (Å²) in [5, 5.41) is 5.66. The van der Waals surface area contributed by atoms with Crippen molar-refractivity contribution in [2.24, 2.45) is 0 Å². The van der Waals surface area contributed by atoms with Gasteiger partial charge in [-0.1, -0.05) is 39.7 Å². The van der Waals surface area contributed by atoms with E-state index in [2.05, 4.69) is 26.6 Å². The maximum absolute atomic E-state index is 13.0. The Bertz CT molecular complexity index is 1350. The molecule has 7 nitrogen and oxygen atoms in total. The van der Waals surface area contributed by atoms with E-state index in [-0.39, 0.29) is 23.1 Å². The van der Waals surface area contributed by atoms with Crippen molar-refractivity contribution in [2.75, 3.05) is 22.1 Å². The smallest absolute Gasteiger partial charge is 0.283 e. The third kappa shape index (κ3) is 5.61. The molecule has 1 heterocycles. The number of benzene rings is 3. The fraction of sp³-hybridized carbons (Fsp3) is 0.148. The van der Waals surface area contributed by atoms with E-state index in [1.165, 1.54) is 0 Å². The van der Waals surface area contributed by atoms with Gasteiger partial charge in [-0.05, 0) is 79.6 Å². The first kappa shape index (κ1) is 25.5. The molecule has 36 heavy (non-hydrogen) atoms. The van der Waals surface area contributed by atoms with Crippen molar-refractivity contribution in [3.05, 3.63) is 93.1 Å². The molecule has 0 radical (unpaired) electrons. The molecule has 1 aliphatic rings. The standard InChI is InChI=1S/C27H23BrClN3O4/c1-3-36-21-11-9-20(10-12-21)32-26(34)24(29)25(27(32)35)30-19-7-4-17(5-8-19)15-23(33)31-22-13-6-18(28)14-16(22)2/h4-14,30H,3,15H2,1-2H3,(H,31,33). The van der Waals surface area contributed by atoms with E-state index in [9.17, 15) is 14.4 Å². The molecule has 0 bridgehead atoms. The third-order valence-corrected chi connectivity index (χ3v) is 6.33. The molecule has 3 aromatic carbocycles. The van der Waals surface area contributed by atoms with Crippen LogP contribution in [0.25, 0.3) is 0 Å². The number of carbonyl (C=O) groups is 3. The Morgan fingerprint density at radius 1 is 1.00 bits per heavy atom. The predicted molar refractivity (Wildman–Crippen MR) is 144 cm³/mol. The summed E-state index contributed by atoms with van der Waals surface area (Å²) in [6, 6.07) is 19.3. The molecule has 0 saturated carbocycles. The zero-order valence-electron chi connectivity index (χ0n) is 19.6. The van der Waals surface area contributed by atoms with Crippen LogP contribution in [0.4, 0.5) is 17.1 Å². The molecule has 3 amide bonds. The highest BCUT2D eigenvalue weighted by atomic mass is 79.9. The van der Waals surface area contributed by atoms with Crippen molar-refractivity contribution in [3.63, 3.8) is 0 Å². The van der Waals surface area contributed by atoms with E-state index in [1.807, 2.05) is 32.0 Å². The maximum Gasteiger partial charge on any atom is 0.283 e. The summed E-state index contributed by atoms with van der Waals surface area (Å²) in [5.74, 6) is -0.666. The Hall–Kier alpha value is -3.62. The van der Waals surface area contributed by atoms with Gasteiger partial charge in [0.05, 0.1) is 18.7 Å². The molecule has 9 heteroatoms.